The summed E-state index contributed by atoms with van der Waals surface area (Å²) >= 11 is 0. The van der Waals surface area contributed by atoms with Gasteiger partial charge in [-0.05, 0) is 48.7 Å². The second-order valence-electron chi connectivity index (χ2n) is 4.88. The highest BCUT2D eigenvalue weighted by Gasteiger charge is 2.05. The molecule has 2 N–H and O–H groups in total. The highest BCUT2D eigenvalue weighted by Crippen LogP contribution is 2.29. The molecule has 0 spiro atoms. The molecule has 0 bridgehead atoms. The summed E-state index contributed by atoms with van der Waals surface area (Å²) in [6, 6.07) is 9.78. The number of hydrogen-bond acceptors (Lipinski definition) is 4. The van der Waals surface area contributed by atoms with E-state index in [4.69, 9.17) is 10.5 Å². The molecule has 0 aliphatic heterocycles. The van der Waals surface area contributed by atoms with Gasteiger partial charge in [-0.3, -0.25) is 9.97 Å². The highest BCUT2D eigenvalue weighted by molar-refractivity contribution is 5.96. The van der Waals surface area contributed by atoms with Crippen molar-refractivity contribution in [2.24, 2.45) is 0 Å². The first-order chi connectivity index (χ1) is 10.3. The molecule has 3 rings (SSSR count). The van der Waals surface area contributed by atoms with Gasteiger partial charge in [0.2, 0.25) is 0 Å². The van der Waals surface area contributed by atoms with Gasteiger partial charge in [0.05, 0.1) is 6.61 Å². The number of aromatic nitrogens is 2. The zero-order valence-corrected chi connectivity index (χ0v) is 11.7. The van der Waals surface area contributed by atoms with Gasteiger partial charge in [-0.15, -0.1) is 0 Å². The van der Waals surface area contributed by atoms with Crippen LogP contribution in [0.1, 0.15) is 12.0 Å². The van der Waals surface area contributed by atoms with Gasteiger partial charge >= 0.3 is 0 Å². The molecule has 106 valence electrons. The summed E-state index contributed by atoms with van der Waals surface area (Å²) < 4.78 is 5.90. The predicted octanol–water partition coefficient (Wildman–Crippen LogP) is 3.22. The van der Waals surface area contributed by atoms with E-state index in [1.54, 1.807) is 12.4 Å². The third-order valence-electron chi connectivity index (χ3n) is 3.43. The smallest absolute Gasteiger partial charge is 0.127 e. The molecule has 0 fully saturated rings. The molecule has 2 aromatic heterocycles. The maximum Gasteiger partial charge on any atom is 0.127 e. The zero-order valence-electron chi connectivity index (χ0n) is 11.7. The van der Waals surface area contributed by atoms with Crippen molar-refractivity contribution in [3.8, 4) is 5.75 Å². The number of rotatable bonds is 5. The van der Waals surface area contributed by atoms with E-state index in [9.17, 15) is 0 Å². The van der Waals surface area contributed by atoms with Gasteiger partial charge in [0, 0.05) is 41.2 Å². The van der Waals surface area contributed by atoms with Gasteiger partial charge < -0.3 is 10.5 Å². The van der Waals surface area contributed by atoms with E-state index in [0.717, 1.165) is 35.1 Å². The fourth-order valence-corrected chi connectivity index (χ4v) is 2.32. The van der Waals surface area contributed by atoms with E-state index in [1.165, 1.54) is 5.56 Å². The minimum atomic E-state index is 0.670. The van der Waals surface area contributed by atoms with E-state index >= 15 is 0 Å². The number of benzene rings is 1. The van der Waals surface area contributed by atoms with Gasteiger partial charge in [-0.25, -0.2) is 0 Å². The number of anilines is 1. The summed E-state index contributed by atoms with van der Waals surface area (Å²) in [5.74, 6) is 0.858. The summed E-state index contributed by atoms with van der Waals surface area (Å²) in [6.45, 7) is 0.670. The standard InChI is InChI=1S/C17H17N3O/c18-16-3-4-17(14-7-10-20-12-15(14)16)21-11-1-2-13-5-8-19-9-6-13/h3-10,12H,1-2,11,18H2. The Morgan fingerprint density at radius 2 is 1.71 bits per heavy atom. The average molecular weight is 279 g/mol. The van der Waals surface area contributed by atoms with Crippen LogP contribution in [0.15, 0.2) is 55.1 Å². The topological polar surface area (TPSA) is 61.0 Å². The van der Waals surface area contributed by atoms with E-state index in [-0.39, 0.29) is 0 Å². The molecule has 3 aromatic rings. The van der Waals surface area contributed by atoms with Crippen LogP contribution in [0.5, 0.6) is 5.75 Å². The lowest BCUT2D eigenvalue weighted by atomic mass is 10.1. The molecule has 21 heavy (non-hydrogen) atoms. The third kappa shape index (κ3) is 3.11. The lowest BCUT2D eigenvalue weighted by Gasteiger charge is -2.10. The summed E-state index contributed by atoms with van der Waals surface area (Å²) in [6.07, 6.45) is 9.10. The van der Waals surface area contributed by atoms with Crippen molar-refractivity contribution in [3.05, 3.63) is 60.7 Å². The Labute approximate surface area is 123 Å². The van der Waals surface area contributed by atoms with Crippen molar-refractivity contribution in [3.63, 3.8) is 0 Å². The minimum absolute atomic E-state index is 0.670. The second kappa shape index (κ2) is 6.22. The van der Waals surface area contributed by atoms with Crippen molar-refractivity contribution in [1.82, 2.24) is 9.97 Å². The molecule has 4 nitrogen and oxygen atoms in total. The van der Waals surface area contributed by atoms with E-state index in [0.29, 0.717) is 6.61 Å². The molecule has 1 aromatic carbocycles. The summed E-state index contributed by atoms with van der Waals surface area (Å²) in [7, 11) is 0. The Kier molecular flexibility index (Phi) is 3.96. The predicted molar refractivity (Wildman–Crippen MR) is 84.2 cm³/mol. The number of nitrogens with two attached hydrogens (primary N) is 1. The van der Waals surface area contributed by atoms with E-state index < -0.39 is 0 Å². The van der Waals surface area contributed by atoms with Crippen LogP contribution in [-0.4, -0.2) is 16.6 Å². The molecule has 0 aliphatic carbocycles. The summed E-state index contributed by atoms with van der Waals surface area (Å²) in [4.78, 5) is 8.12. The van der Waals surface area contributed by atoms with Crippen molar-refractivity contribution in [1.29, 1.82) is 0 Å². The number of fused-ring (bicyclic) bond motifs is 1. The Bertz CT molecular complexity index is 728. The van der Waals surface area contributed by atoms with Crippen LogP contribution in [0.25, 0.3) is 10.8 Å². The van der Waals surface area contributed by atoms with Gasteiger partial charge in [0.1, 0.15) is 5.75 Å². The fourth-order valence-electron chi connectivity index (χ4n) is 2.32. The fraction of sp³-hybridized carbons (Fsp3) is 0.176. The van der Waals surface area contributed by atoms with Crippen LogP contribution in [0.2, 0.25) is 0 Å². The molecular formula is C17H17N3O. The Morgan fingerprint density at radius 1 is 0.905 bits per heavy atom. The molecule has 0 amide bonds. The molecular weight excluding hydrogens is 262 g/mol. The molecule has 0 unspecified atom stereocenters. The Morgan fingerprint density at radius 3 is 2.57 bits per heavy atom. The van der Waals surface area contributed by atoms with Crippen LogP contribution >= 0.6 is 0 Å². The van der Waals surface area contributed by atoms with Crippen LogP contribution in [0.3, 0.4) is 0 Å². The zero-order chi connectivity index (χ0) is 14.5. The maximum atomic E-state index is 5.95. The van der Waals surface area contributed by atoms with Crippen molar-refractivity contribution in [2.45, 2.75) is 12.8 Å². The number of hydrogen-bond donors (Lipinski definition) is 1. The van der Waals surface area contributed by atoms with Gasteiger partial charge in [0.25, 0.3) is 0 Å². The average Bonchev–Trinajstić information content (AvgIpc) is 2.55. The first-order valence-electron chi connectivity index (χ1n) is 6.98. The lowest BCUT2D eigenvalue weighted by molar-refractivity contribution is 0.314. The van der Waals surface area contributed by atoms with Gasteiger partial charge in [-0.2, -0.15) is 0 Å². The van der Waals surface area contributed by atoms with Crippen molar-refractivity contribution in [2.75, 3.05) is 12.3 Å². The lowest BCUT2D eigenvalue weighted by Crippen LogP contribution is -2.00. The number of nitrogen functional groups attached to an aromatic ring is 1. The van der Waals surface area contributed by atoms with Crippen LogP contribution < -0.4 is 10.5 Å². The molecule has 4 heteroatoms. The maximum absolute atomic E-state index is 5.95. The SMILES string of the molecule is Nc1ccc(OCCCc2ccncc2)c2ccncc12. The molecule has 0 radical (unpaired) electrons. The van der Waals surface area contributed by atoms with Gasteiger partial charge in [0.15, 0.2) is 0 Å². The second-order valence-corrected chi connectivity index (χ2v) is 4.88. The Balaban J connectivity index is 1.65. The number of ether oxygens (including phenoxy) is 1. The molecule has 0 atom stereocenters. The monoisotopic (exact) mass is 279 g/mol. The summed E-state index contributed by atoms with van der Waals surface area (Å²) in [5, 5.41) is 1.94. The number of aryl methyl sites for hydroxylation is 1. The third-order valence-corrected chi connectivity index (χ3v) is 3.43. The van der Waals surface area contributed by atoms with E-state index in [1.807, 2.05) is 42.7 Å². The van der Waals surface area contributed by atoms with Gasteiger partial charge in [-0.1, -0.05) is 0 Å². The minimum Gasteiger partial charge on any atom is -0.493 e. The number of nitrogens with zero attached hydrogens (tertiary/aromatic N) is 2. The summed E-state index contributed by atoms with van der Waals surface area (Å²) in [5.41, 5.74) is 7.96. The first kappa shape index (κ1) is 13.4. The molecule has 2 heterocycles. The largest absolute Gasteiger partial charge is 0.493 e. The van der Waals surface area contributed by atoms with Crippen LogP contribution in [0, 0.1) is 0 Å². The molecule has 0 saturated carbocycles. The molecule has 0 aliphatic rings. The normalized spacial score (nSPS) is 10.7. The molecule has 0 saturated heterocycles. The number of pyridine rings is 2. The Hall–Kier alpha value is -2.62. The quantitative estimate of drug-likeness (QED) is 0.575. The van der Waals surface area contributed by atoms with Crippen molar-refractivity contribution >= 4 is 16.5 Å². The highest BCUT2D eigenvalue weighted by atomic mass is 16.5. The van der Waals surface area contributed by atoms with Crippen LogP contribution in [0.4, 0.5) is 5.69 Å². The van der Waals surface area contributed by atoms with E-state index in [2.05, 4.69) is 9.97 Å². The first-order valence-corrected chi connectivity index (χ1v) is 6.98. The van der Waals surface area contributed by atoms with Crippen LogP contribution in [-0.2, 0) is 6.42 Å². The van der Waals surface area contributed by atoms with Crippen molar-refractivity contribution < 1.29 is 4.74 Å².